The van der Waals surface area contributed by atoms with Crippen molar-refractivity contribution in [2.24, 2.45) is 23.2 Å². The molecule has 3 nitrogen and oxygen atoms in total. The van der Waals surface area contributed by atoms with Crippen LogP contribution in [0, 0.1) is 23.2 Å². The Bertz CT molecular complexity index is 442. The van der Waals surface area contributed by atoms with Gasteiger partial charge in [0.05, 0.1) is 6.10 Å². The molecule has 3 heteroatoms. The molecule has 0 aromatic carbocycles. The Morgan fingerprint density at radius 1 is 1.35 bits per heavy atom. The van der Waals surface area contributed by atoms with Gasteiger partial charge in [-0.2, -0.15) is 0 Å². The highest BCUT2D eigenvalue weighted by atomic mass is 16.4. The topological polar surface area (TPSA) is 57.5 Å². The van der Waals surface area contributed by atoms with E-state index in [-0.39, 0.29) is 17.9 Å². The van der Waals surface area contributed by atoms with Crippen LogP contribution in [0.4, 0.5) is 0 Å². The Morgan fingerprint density at radius 2 is 2.09 bits per heavy atom. The van der Waals surface area contributed by atoms with E-state index in [0.717, 1.165) is 38.0 Å². The summed E-state index contributed by atoms with van der Waals surface area (Å²) in [5, 5.41) is 19.2. The predicted molar refractivity (Wildman–Crippen MR) is 93.2 cm³/mol. The number of fused-ring (bicyclic) bond motifs is 1. The molecule has 0 aromatic rings. The van der Waals surface area contributed by atoms with Crippen molar-refractivity contribution in [2.75, 3.05) is 0 Å². The van der Waals surface area contributed by atoms with Crippen LogP contribution in [0.2, 0.25) is 0 Å². The van der Waals surface area contributed by atoms with E-state index in [1.54, 1.807) is 0 Å². The largest absolute Gasteiger partial charge is 0.481 e. The molecule has 2 aliphatic carbocycles. The fourth-order valence-corrected chi connectivity index (χ4v) is 4.89. The summed E-state index contributed by atoms with van der Waals surface area (Å²) in [6.07, 6.45) is 10.7. The van der Waals surface area contributed by atoms with Crippen LogP contribution in [-0.4, -0.2) is 22.3 Å². The van der Waals surface area contributed by atoms with Crippen LogP contribution >= 0.6 is 0 Å². The number of hydrogen-bond donors (Lipinski definition) is 2. The van der Waals surface area contributed by atoms with Gasteiger partial charge in [0.1, 0.15) is 0 Å². The molecule has 23 heavy (non-hydrogen) atoms. The van der Waals surface area contributed by atoms with Gasteiger partial charge >= 0.3 is 5.97 Å². The molecule has 1 fully saturated rings. The highest BCUT2D eigenvalue weighted by Crippen LogP contribution is 2.52. The summed E-state index contributed by atoms with van der Waals surface area (Å²) in [7, 11) is 0. The van der Waals surface area contributed by atoms with E-state index < -0.39 is 5.97 Å². The summed E-state index contributed by atoms with van der Waals surface area (Å²) in [5.41, 5.74) is 1.58. The quantitative estimate of drug-likeness (QED) is 0.732. The maximum Gasteiger partial charge on any atom is 0.303 e. The number of aliphatic carboxylic acids is 1. The van der Waals surface area contributed by atoms with Crippen LogP contribution in [0.25, 0.3) is 0 Å². The molecule has 0 aliphatic heterocycles. The predicted octanol–water partition coefficient (Wildman–Crippen LogP) is 4.79. The zero-order chi connectivity index (χ0) is 17.0. The summed E-state index contributed by atoms with van der Waals surface area (Å²) in [6.45, 7) is 6.95. The molecule has 5 atom stereocenters. The van der Waals surface area contributed by atoms with Crippen molar-refractivity contribution in [3.63, 3.8) is 0 Å². The second-order valence-electron chi connectivity index (χ2n) is 8.32. The smallest absolute Gasteiger partial charge is 0.303 e. The molecule has 0 bridgehead atoms. The van der Waals surface area contributed by atoms with E-state index in [9.17, 15) is 9.90 Å². The van der Waals surface area contributed by atoms with Crippen LogP contribution in [0.3, 0.4) is 0 Å². The average Bonchev–Trinajstić information content (AvgIpc) is 2.54. The molecular formula is C20H34O3. The molecule has 2 aliphatic rings. The highest BCUT2D eigenvalue weighted by molar-refractivity contribution is 5.66. The second kappa shape index (κ2) is 7.83. The first-order valence-corrected chi connectivity index (χ1v) is 9.42. The van der Waals surface area contributed by atoms with Crippen LogP contribution in [0.1, 0.15) is 78.6 Å². The zero-order valence-electron chi connectivity index (χ0n) is 15.1. The summed E-state index contributed by atoms with van der Waals surface area (Å²) in [4.78, 5) is 11.0. The minimum absolute atomic E-state index is 0.140. The molecule has 0 aromatic heterocycles. The first-order valence-electron chi connectivity index (χ1n) is 9.42. The van der Waals surface area contributed by atoms with Gasteiger partial charge in [-0.25, -0.2) is 0 Å². The second-order valence-corrected chi connectivity index (χ2v) is 8.32. The lowest BCUT2D eigenvalue weighted by atomic mass is 9.58. The third-order valence-corrected chi connectivity index (χ3v) is 6.53. The molecule has 1 saturated carbocycles. The van der Waals surface area contributed by atoms with Crippen molar-refractivity contribution in [3.8, 4) is 0 Å². The Labute approximate surface area is 141 Å². The van der Waals surface area contributed by atoms with Crippen LogP contribution in [0.5, 0.6) is 0 Å². The fraction of sp³-hybridized carbons (Fsp3) is 0.850. The van der Waals surface area contributed by atoms with Gasteiger partial charge in [0.15, 0.2) is 0 Å². The molecule has 2 rings (SSSR count). The zero-order valence-corrected chi connectivity index (χ0v) is 15.1. The molecule has 0 radical (unpaired) electrons. The van der Waals surface area contributed by atoms with Crippen molar-refractivity contribution in [3.05, 3.63) is 11.6 Å². The summed E-state index contributed by atoms with van der Waals surface area (Å²) < 4.78 is 0. The van der Waals surface area contributed by atoms with Gasteiger partial charge in [-0.05, 0) is 68.1 Å². The standard InChI is InChI=1S/C20H34O3/c1-14-5-4-6-16-13-17(21)11-12-20(16,3)18(9-7-14)15(2)8-10-19(22)23/h6,14-15,17-18,21H,4-5,7-13H2,1-3H3,(H,22,23)/b16-6-/t14-,15-,17+,18?,20+/m1/s1. The van der Waals surface area contributed by atoms with Crippen LogP contribution in [0.15, 0.2) is 11.6 Å². The minimum atomic E-state index is -0.687. The van der Waals surface area contributed by atoms with Gasteiger partial charge in [0.2, 0.25) is 0 Å². The summed E-state index contributed by atoms with van der Waals surface area (Å²) >= 11 is 0. The van der Waals surface area contributed by atoms with E-state index >= 15 is 0 Å². The Morgan fingerprint density at radius 3 is 2.78 bits per heavy atom. The monoisotopic (exact) mass is 322 g/mol. The van der Waals surface area contributed by atoms with Gasteiger partial charge < -0.3 is 10.2 Å². The van der Waals surface area contributed by atoms with E-state index in [1.165, 1.54) is 24.8 Å². The molecule has 1 unspecified atom stereocenters. The number of carboxylic acid groups (broad SMARTS) is 1. The van der Waals surface area contributed by atoms with Crippen LogP contribution < -0.4 is 0 Å². The first-order chi connectivity index (χ1) is 10.8. The van der Waals surface area contributed by atoms with Crippen molar-refractivity contribution in [1.82, 2.24) is 0 Å². The van der Waals surface area contributed by atoms with Crippen molar-refractivity contribution < 1.29 is 15.0 Å². The van der Waals surface area contributed by atoms with Gasteiger partial charge in [0, 0.05) is 6.42 Å². The SMILES string of the molecule is C[C@@H]1CC/C=C2/C[C@@H](O)CC[C@]2(C)C([C@H](C)CCC(=O)O)CC1. The highest BCUT2D eigenvalue weighted by Gasteiger charge is 2.43. The molecule has 0 amide bonds. The molecule has 132 valence electrons. The maximum atomic E-state index is 11.0. The van der Waals surface area contributed by atoms with E-state index in [0.29, 0.717) is 11.8 Å². The number of aliphatic hydroxyl groups is 1. The Hall–Kier alpha value is -0.830. The molecule has 2 N–H and O–H groups in total. The van der Waals surface area contributed by atoms with Crippen molar-refractivity contribution in [2.45, 2.75) is 84.7 Å². The van der Waals surface area contributed by atoms with Gasteiger partial charge in [0.25, 0.3) is 0 Å². The third kappa shape index (κ3) is 4.59. The Balaban J connectivity index is 2.25. The van der Waals surface area contributed by atoms with Crippen molar-refractivity contribution in [1.29, 1.82) is 0 Å². The van der Waals surface area contributed by atoms with Gasteiger partial charge in [-0.3, -0.25) is 4.79 Å². The van der Waals surface area contributed by atoms with Crippen molar-refractivity contribution >= 4 is 5.97 Å². The van der Waals surface area contributed by atoms with Gasteiger partial charge in [-0.1, -0.05) is 38.8 Å². The average molecular weight is 322 g/mol. The van der Waals surface area contributed by atoms with Crippen LogP contribution in [-0.2, 0) is 4.79 Å². The van der Waals surface area contributed by atoms with E-state index in [2.05, 4.69) is 26.8 Å². The molecule has 0 spiro atoms. The maximum absolute atomic E-state index is 11.0. The first kappa shape index (κ1) is 18.5. The molecule has 0 heterocycles. The molecular weight excluding hydrogens is 288 g/mol. The minimum Gasteiger partial charge on any atom is -0.481 e. The van der Waals surface area contributed by atoms with E-state index in [1.807, 2.05) is 0 Å². The number of aliphatic hydroxyl groups excluding tert-OH is 1. The van der Waals surface area contributed by atoms with E-state index in [4.69, 9.17) is 5.11 Å². The lowest BCUT2D eigenvalue weighted by Gasteiger charge is -2.47. The molecule has 0 saturated heterocycles. The summed E-state index contributed by atoms with van der Waals surface area (Å²) in [5.74, 6) is 0.990. The lowest BCUT2D eigenvalue weighted by molar-refractivity contribution is -0.137. The number of carbonyl (C=O) groups is 1. The number of rotatable bonds is 4. The fourth-order valence-electron chi connectivity index (χ4n) is 4.89. The lowest BCUT2D eigenvalue weighted by Crippen LogP contribution is -2.39. The van der Waals surface area contributed by atoms with Gasteiger partial charge in [-0.15, -0.1) is 0 Å². The summed E-state index contributed by atoms with van der Waals surface area (Å²) in [6, 6.07) is 0. The Kier molecular flexibility index (Phi) is 6.30. The number of carboxylic acids is 1. The number of allylic oxidation sites excluding steroid dienone is 1. The third-order valence-electron chi connectivity index (χ3n) is 6.53. The number of hydrogen-bond acceptors (Lipinski definition) is 2. The normalized spacial score (nSPS) is 39.1.